The van der Waals surface area contributed by atoms with E-state index < -0.39 is 0 Å². The lowest BCUT2D eigenvalue weighted by Gasteiger charge is -2.16. The Hall–Kier alpha value is -0.440. The van der Waals surface area contributed by atoms with Gasteiger partial charge in [-0.3, -0.25) is 0 Å². The van der Waals surface area contributed by atoms with E-state index >= 15 is 0 Å². The molecule has 0 aromatic carbocycles. The number of aliphatic hydroxyl groups is 2. The van der Waals surface area contributed by atoms with Crippen LogP contribution in [0.5, 0.6) is 0 Å². The van der Waals surface area contributed by atoms with Gasteiger partial charge in [0, 0.05) is 13.1 Å². The zero-order chi connectivity index (χ0) is 23.4. The maximum absolute atomic E-state index is 8.63. The third-order valence-corrected chi connectivity index (χ3v) is 3.94. The summed E-state index contributed by atoms with van der Waals surface area (Å²) in [7, 11) is 2.01. The first-order valence-corrected chi connectivity index (χ1v) is 11.3. The quantitative estimate of drug-likeness (QED) is 0.137. The fraction of sp³-hybridized carbons (Fsp3) is 1.00. The molecule has 0 aliphatic heterocycles. The summed E-state index contributed by atoms with van der Waals surface area (Å²) in [5, 5.41) is 17.2. The first-order chi connectivity index (χ1) is 15.8. The average molecular weight is 472 g/mol. The van der Waals surface area contributed by atoms with Crippen molar-refractivity contribution in [3.05, 3.63) is 0 Å². The van der Waals surface area contributed by atoms with Crippen LogP contribution in [0.25, 0.3) is 0 Å². The van der Waals surface area contributed by atoms with Crippen LogP contribution in [0.4, 0.5) is 0 Å². The molecule has 0 aliphatic carbocycles. The Morgan fingerprint density at radius 1 is 0.375 bits per heavy atom. The Kier molecular flexibility index (Phi) is 28.2. The third kappa shape index (κ3) is 27.6. The second kappa shape index (κ2) is 28.6. The smallest absolute Gasteiger partial charge is 0.0701 e. The summed E-state index contributed by atoms with van der Waals surface area (Å²) in [6.45, 7) is 9.91. The molecule has 0 unspecified atom stereocenters. The monoisotopic (exact) mass is 471 g/mol. The molecular formula is C21H45NO10. The normalized spacial score (nSPS) is 11.6. The Morgan fingerprint density at radius 3 is 0.875 bits per heavy atom. The number of likely N-dealkylation sites (N-methyl/N-ethyl adjacent to an activating group) is 1. The second-order valence-electron chi connectivity index (χ2n) is 6.65. The summed E-state index contributed by atoms with van der Waals surface area (Å²) in [5.41, 5.74) is 0. The largest absolute Gasteiger partial charge is 0.394 e. The summed E-state index contributed by atoms with van der Waals surface area (Å²) < 4.78 is 42.8. The summed E-state index contributed by atoms with van der Waals surface area (Å²) >= 11 is 0. The van der Waals surface area contributed by atoms with E-state index in [4.69, 9.17) is 48.1 Å². The van der Waals surface area contributed by atoms with Crippen molar-refractivity contribution >= 4 is 0 Å². The van der Waals surface area contributed by atoms with Gasteiger partial charge in [-0.25, -0.2) is 0 Å². The lowest BCUT2D eigenvalue weighted by atomic mass is 10.5. The molecule has 0 rings (SSSR count). The molecule has 0 aromatic rings. The fourth-order valence-corrected chi connectivity index (χ4v) is 2.21. The van der Waals surface area contributed by atoms with Crippen molar-refractivity contribution in [1.82, 2.24) is 4.90 Å². The lowest BCUT2D eigenvalue weighted by Crippen LogP contribution is -2.27. The molecule has 0 aromatic heterocycles. The SMILES string of the molecule is CN(CCOCCO)CCOCCOCCOCCOCCOCCOCCOCCO. The number of ether oxygens (including phenoxy) is 8. The lowest BCUT2D eigenvalue weighted by molar-refractivity contribution is -0.0219. The number of rotatable bonds is 28. The van der Waals surface area contributed by atoms with E-state index in [0.29, 0.717) is 106 Å². The van der Waals surface area contributed by atoms with Crippen LogP contribution in [-0.4, -0.2) is 154 Å². The number of nitrogens with zero attached hydrogens (tertiary/aromatic N) is 1. The molecule has 32 heavy (non-hydrogen) atoms. The highest BCUT2D eigenvalue weighted by Crippen LogP contribution is 1.87. The molecule has 0 spiro atoms. The van der Waals surface area contributed by atoms with Gasteiger partial charge in [-0.2, -0.15) is 0 Å². The molecule has 0 bridgehead atoms. The van der Waals surface area contributed by atoms with E-state index in [9.17, 15) is 0 Å². The molecule has 0 heterocycles. The standard InChI is InChI=1S/C21H45NO10/c1-22(2-6-25-8-4-23)3-7-26-10-12-28-14-16-30-18-20-32-21-19-31-17-15-29-13-11-27-9-5-24/h23-24H,2-21H2,1H3. The average Bonchev–Trinajstić information content (AvgIpc) is 2.80. The van der Waals surface area contributed by atoms with Gasteiger partial charge in [0.15, 0.2) is 0 Å². The van der Waals surface area contributed by atoms with Gasteiger partial charge in [0.25, 0.3) is 0 Å². The van der Waals surface area contributed by atoms with Crippen molar-refractivity contribution in [2.24, 2.45) is 0 Å². The zero-order valence-electron chi connectivity index (χ0n) is 19.7. The predicted molar refractivity (Wildman–Crippen MR) is 118 cm³/mol. The van der Waals surface area contributed by atoms with Gasteiger partial charge in [-0.1, -0.05) is 0 Å². The van der Waals surface area contributed by atoms with Gasteiger partial charge >= 0.3 is 0 Å². The predicted octanol–water partition coefficient (Wildman–Crippen LogP) is -0.964. The van der Waals surface area contributed by atoms with Crippen molar-refractivity contribution in [2.45, 2.75) is 0 Å². The Morgan fingerprint density at radius 2 is 0.594 bits per heavy atom. The van der Waals surface area contributed by atoms with Crippen LogP contribution in [-0.2, 0) is 37.9 Å². The fourth-order valence-electron chi connectivity index (χ4n) is 2.21. The van der Waals surface area contributed by atoms with Crippen LogP contribution in [0.2, 0.25) is 0 Å². The highest BCUT2D eigenvalue weighted by atomic mass is 16.6. The molecule has 11 heteroatoms. The van der Waals surface area contributed by atoms with Crippen molar-refractivity contribution in [2.75, 3.05) is 139 Å². The molecule has 0 fully saturated rings. The summed E-state index contributed by atoms with van der Waals surface area (Å²) in [6, 6.07) is 0. The van der Waals surface area contributed by atoms with Crippen LogP contribution in [0.15, 0.2) is 0 Å². The van der Waals surface area contributed by atoms with Crippen LogP contribution in [0, 0.1) is 0 Å². The topological polar surface area (TPSA) is 118 Å². The maximum Gasteiger partial charge on any atom is 0.0701 e. The van der Waals surface area contributed by atoms with Gasteiger partial charge < -0.3 is 53.0 Å². The minimum atomic E-state index is 0.0296. The van der Waals surface area contributed by atoms with Gasteiger partial charge in [0.05, 0.1) is 119 Å². The first kappa shape index (κ1) is 31.6. The van der Waals surface area contributed by atoms with Crippen molar-refractivity contribution in [3.8, 4) is 0 Å². The number of aliphatic hydroxyl groups excluding tert-OH is 2. The third-order valence-electron chi connectivity index (χ3n) is 3.94. The van der Waals surface area contributed by atoms with E-state index in [1.54, 1.807) is 0 Å². The molecule has 11 nitrogen and oxygen atoms in total. The molecule has 2 N–H and O–H groups in total. The van der Waals surface area contributed by atoms with E-state index in [1.807, 2.05) is 7.05 Å². The molecule has 0 atom stereocenters. The van der Waals surface area contributed by atoms with Gasteiger partial charge in [0.1, 0.15) is 0 Å². The molecule has 0 aliphatic rings. The number of hydrogen-bond donors (Lipinski definition) is 2. The summed E-state index contributed by atoms with van der Waals surface area (Å²) in [4.78, 5) is 2.12. The van der Waals surface area contributed by atoms with Gasteiger partial charge in [-0.05, 0) is 7.05 Å². The summed E-state index contributed by atoms with van der Waals surface area (Å²) in [6.07, 6.45) is 0. The Bertz CT molecular complexity index is 342. The highest BCUT2D eigenvalue weighted by Gasteiger charge is 1.99. The molecule has 0 radical (unpaired) electrons. The Labute approximate surface area is 192 Å². The van der Waals surface area contributed by atoms with Gasteiger partial charge in [0.2, 0.25) is 0 Å². The van der Waals surface area contributed by atoms with E-state index in [-0.39, 0.29) is 13.2 Å². The Balaban J connectivity index is 3.06. The molecule has 0 saturated heterocycles. The minimum absolute atomic E-state index is 0.0296. The molecule has 0 saturated carbocycles. The minimum Gasteiger partial charge on any atom is -0.394 e. The van der Waals surface area contributed by atoms with Crippen LogP contribution >= 0.6 is 0 Å². The van der Waals surface area contributed by atoms with Gasteiger partial charge in [-0.15, -0.1) is 0 Å². The highest BCUT2D eigenvalue weighted by molar-refractivity contribution is 4.49. The van der Waals surface area contributed by atoms with Crippen molar-refractivity contribution < 1.29 is 48.1 Å². The molecule has 194 valence electrons. The second-order valence-corrected chi connectivity index (χ2v) is 6.65. The first-order valence-electron chi connectivity index (χ1n) is 11.3. The molecule has 0 amide bonds. The summed E-state index contributed by atoms with van der Waals surface area (Å²) in [5.74, 6) is 0. The van der Waals surface area contributed by atoms with Crippen molar-refractivity contribution in [1.29, 1.82) is 0 Å². The molecular weight excluding hydrogens is 426 g/mol. The zero-order valence-corrected chi connectivity index (χ0v) is 19.7. The van der Waals surface area contributed by atoms with Crippen LogP contribution in [0.3, 0.4) is 0 Å². The van der Waals surface area contributed by atoms with E-state index in [0.717, 1.165) is 13.1 Å². The van der Waals surface area contributed by atoms with Crippen molar-refractivity contribution in [3.63, 3.8) is 0 Å². The maximum atomic E-state index is 8.63. The van der Waals surface area contributed by atoms with Crippen LogP contribution < -0.4 is 0 Å². The van der Waals surface area contributed by atoms with E-state index in [1.165, 1.54) is 0 Å². The number of hydrogen-bond acceptors (Lipinski definition) is 11. The van der Waals surface area contributed by atoms with E-state index in [2.05, 4.69) is 4.90 Å². The van der Waals surface area contributed by atoms with Crippen LogP contribution in [0.1, 0.15) is 0 Å².